The van der Waals surface area contributed by atoms with Crippen molar-refractivity contribution in [3.8, 4) is 0 Å². The van der Waals surface area contributed by atoms with Gasteiger partial charge in [0.2, 0.25) is 0 Å². The molecule has 2 atom stereocenters. The second kappa shape index (κ2) is 3.44. The maximum absolute atomic E-state index is 11.9. The Balaban J connectivity index is 2.13. The number of amides is 1. The van der Waals surface area contributed by atoms with Crippen molar-refractivity contribution >= 4 is 5.91 Å². The highest BCUT2D eigenvalue weighted by Crippen LogP contribution is 2.23. The lowest BCUT2D eigenvalue weighted by Gasteiger charge is -2.19. The van der Waals surface area contributed by atoms with Crippen LogP contribution in [0.2, 0.25) is 0 Å². The van der Waals surface area contributed by atoms with E-state index >= 15 is 0 Å². The number of hydrogen-bond acceptors (Lipinski definition) is 3. The number of carbonyl (C=O) groups is 1. The predicted octanol–water partition coefficient (Wildman–Crippen LogP) is 1.55. The maximum Gasteiger partial charge on any atom is 0.276 e. The molecule has 0 aromatic carbocycles. The van der Waals surface area contributed by atoms with Crippen molar-refractivity contribution in [1.82, 2.24) is 9.88 Å². The monoisotopic (exact) mass is 194 g/mol. The van der Waals surface area contributed by atoms with Crippen LogP contribution >= 0.6 is 0 Å². The van der Waals surface area contributed by atoms with Crippen LogP contribution in [-0.2, 0) is 0 Å². The fourth-order valence-corrected chi connectivity index (χ4v) is 2.05. The van der Waals surface area contributed by atoms with E-state index in [0.717, 1.165) is 13.0 Å². The smallest absolute Gasteiger partial charge is 0.276 e. The molecule has 1 aliphatic rings. The first kappa shape index (κ1) is 9.24. The summed E-state index contributed by atoms with van der Waals surface area (Å²) in [6.45, 7) is 5.06. The van der Waals surface area contributed by atoms with Crippen LogP contribution in [0.4, 0.5) is 0 Å². The van der Waals surface area contributed by atoms with Crippen molar-refractivity contribution in [2.24, 2.45) is 5.92 Å². The first-order valence-corrected chi connectivity index (χ1v) is 4.87. The number of likely N-dealkylation sites (tertiary alicyclic amines) is 1. The largest absolute Gasteiger partial charge is 0.451 e. The van der Waals surface area contributed by atoms with Gasteiger partial charge in [-0.15, -0.1) is 0 Å². The van der Waals surface area contributed by atoms with Crippen molar-refractivity contribution in [1.29, 1.82) is 0 Å². The molecule has 4 nitrogen and oxygen atoms in total. The van der Waals surface area contributed by atoms with Crippen LogP contribution in [0.25, 0.3) is 0 Å². The summed E-state index contributed by atoms with van der Waals surface area (Å²) in [5.74, 6) is 0.566. The summed E-state index contributed by atoms with van der Waals surface area (Å²) in [6.07, 6.45) is 3.76. The quantitative estimate of drug-likeness (QED) is 0.681. The van der Waals surface area contributed by atoms with Crippen molar-refractivity contribution in [2.75, 3.05) is 6.54 Å². The van der Waals surface area contributed by atoms with Crippen LogP contribution in [0.15, 0.2) is 17.1 Å². The highest BCUT2D eigenvalue weighted by atomic mass is 16.3. The lowest BCUT2D eigenvalue weighted by atomic mass is 10.1. The van der Waals surface area contributed by atoms with E-state index in [4.69, 9.17) is 4.42 Å². The van der Waals surface area contributed by atoms with Crippen LogP contribution < -0.4 is 0 Å². The molecule has 1 amide bonds. The summed E-state index contributed by atoms with van der Waals surface area (Å²) in [7, 11) is 0. The molecule has 1 aromatic rings. The van der Waals surface area contributed by atoms with E-state index in [2.05, 4.69) is 18.8 Å². The third-order valence-corrected chi connectivity index (χ3v) is 2.70. The van der Waals surface area contributed by atoms with Crippen LogP contribution in [0, 0.1) is 5.92 Å². The van der Waals surface area contributed by atoms with Gasteiger partial charge in [-0.05, 0) is 19.3 Å². The standard InChI is InChI=1S/C10H14N2O2/c1-7-3-8(2)12(4-7)10(13)9-5-14-6-11-9/h5-8H,3-4H2,1-2H3. The molecular weight excluding hydrogens is 180 g/mol. The third-order valence-electron chi connectivity index (χ3n) is 2.70. The van der Waals surface area contributed by atoms with Gasteiger partial charge in [0.15, 0.2) is 12.1 Å². The number of oxazole rings is 1. The van der Waals surface area contributed by atoms with Crippen molar-refractivity contribution < 1.29 is 9.21 Å². The van der Waals surface area contributed by atoms with E-state index in [1.54, 1.807) is 0 Å². The second-order valence-electron chi connectivity index (χ2n) is 4.02. The average Bonchev–Trinajstić information content (AvgIpc) is 2.73. The number of rotatable bonds is 1. The topological polar surface area (TPSA) is 46.3 Å². The molecule has 0 aliphatic carbocycles. The lowest BCUT2D eigenvalue weighted by Crippen LogP contribution is -2.34. The van der Waals surface area contributed by atoms with Gasteiger partial charge in [0, 0.05) is 12.6 Å². The zero-order valence-corrected chi connectivity index (χ0v) is 8.43. The van der Waals surface area contributed by atoms with E-state index in [1.165, 1.54) is 12.7 Å². The van der Waals surface area contributed by atoms with Gasteiger partial charge in [-0.25, -0.2) is 4.98 Å². The van der Waals surface area contributed by atoms with E-state index in [-0.39, 0.29) is 5.91 Å². The van der Waals surface area contributed by atoms with E-state index in [0.29, 0.717) is 17.7 Å². The molecule has 1 aliphatic heterocycles. The van der Waals surface area contributed by atoms with Gasteiger partial charge in [0.1, 0.15) is 6.26 Å². The van der Waals surface area contributed by atoms with E-state index < -0.39 is 0 Å². The first-order chi connectivity index (χ1) is 6.68. The van der Waals surface area contributed by atoms with Gasteiger partial charge >= 0.3 is 0 Å². The normalized spacial score (nSPS) is 26.9. The fraction of sp³-hybridized carbons (Fsp3) is 0.600. The van der Waals surface area contributed by atoms with Crippen molar-refractivity contribution in [3.05, 3.63) is 18.4 Å². The average molecular weight is 194 g/mol. The summed E-state index contributed by atoms with van der Waals surface area (Å²) in [6, 6.07) is 0.314. The summed E-state index contributed by atoms with van der Waals surface area (Å²) in [5, 5.41) is 0. The molecule has 0 spiro atoms. The molecule has 0 bridgehead atoms. The van der Waals surface area contributed by atoms with E-state index in [9.17, 15) is 4.79 Å². The Bertz CT molecular complexity index is 321. The molecule has 2 rings (SSSR count). The van der Waals surface area contributed by atoms with Crippen molar-refractivity contribution in [3.63, 3.8) is 0 Å². The molecule has 76 valence electrons. The Hall–Kier alpha value is -1.32. The Morgan fingerprint density at radius 3 is 2.93 bits per heavy atom. The zero-order valence-electron chi connectivity index (χ0n) is 8.43. The molecule has 1 saturated heterocycles. The Morgan fingerprint density at radius 1 is 1.64 bits per heavy atom. The predicted molar refractivity (Wildman–Crippen MR) is 50.8 cm³/mol. The Kier molecular flexibility index (Phi) is 2.27. The summed E-state index contributed by atoms with van der Waals surface area (Å²) in [4.78, 5) is 17.6. The van der Waals surface area contributed by atoms with Crippen LogP contribution in [0.1, 0.15) is 30.8 Å². The van der Waals surface area contributed by atoms with E-state index in [1.807, 2.05) is 4.90 Å². The Morgan fingerprint density at radius 2 is 2.43 bits per heavy atom. The van der Waals surface area contributed by atoms with Gasteiger partial charge in [-0.1, -0.05) is 6.92 Å². The zero-order chi connectivity index (χ0) is 10.1. The lowest BCUT2D eigenvalue weighted by molar-refractivity contribution is 0.0738. The van der Waals surface area contributed by atoms with Crippen LogP contribution in [0.5, 0.6) is 0 Å². The highest BCUT2D eigenvalue weighted by Gasteiger charge is 2.31. The molecule has 1 fully saturated rings. The molecule has 4 heteroatoms. The van der Waals surface area contributed by atoms with Gasteiger partial charge in [-0.3, -0.25) is 4.79 Å². The number of carbonyl (C=O) groups excluding carboxylic acids is 1. The number of nitrogens with zero attached hydrogens (tertiary/aromatic N) is 2. The Labute approximate surface area is 82.9 Å². The van der Waals surface area contributed by atoms with Crippen LogP contribution in [-0.4, -0.2) is 28.4 Å². The molecule has 2 unspecified atom stereocenters. The molecular formula is C10H14N2O2. The summed E-state index contributed by atoms with van der Waals surface area (Å²) in [5.41, 5.74) is 0.408. The first-order valence-electron chi connectivity index (χ1n) is 4.87. The fourth-order valence-electron chi connectivity index (χ4n) is 2.05. The van der Waals surface area contributed by atoms with Crippen LogP contribution in [0.3, 0.4) is 0 Å². The summed E-state index contributed by atoms with van der Waals surface area (Å²) < 4.78 is 4.80. The molecule has 0 saturated carbocycles. The molecule has 0 radical (unpaired) electrons. The minimum Gasteiger partial charge on any atom is -0.451 e. The SMILES string of the molecule is CC1CC(C)N(C(=O)c2cocn2)C1. The van der Waals surface area contributed by atoms with Gasteiger partial charge in [-0.2, -0.15) is 0 Å². The van der Waals surface area contributed by atoms with Gasteiger partial charge in [0.25, 0.3) is 5.91 Å². The summed E-state index contributed by atoms with van der Waals surface area (Å²) >= 11 is 0. The van der Waals surface area contributed by atoms with Gasteiger partial charge < -0.3 is 9.32 Å². The maximum atomic E-state index is 11.9. The molecule has 14 heavy (non-hydrogen) atoms. The number of aromatic nitrogens is 1. The minimum atomic E-state index is -0.0180. The van der Waals surface area contributed by atoms with Crippen molar-refractivity contribution in [2.45, 2.75) is 26.3 Å². The molecule has 1 aromatic heterocycles. The minimum absolute atomic E-state index is 0.0180. The molecule has 0 N–H and O–H groups in total. The van der Waals surface area contributed by atoms with Gasteiger partial charge in [0.05, 0.1) is 0 Å². The third kappa shape index (κ3) is 1.52. The second-order valence-corrected chi connectivity index (χ2v) is 4.02. The highest BCUT2D eigenvalue weighted by molar-refractivity contribution is 5.92. The number of hydrogen-bond donors (Lipinski definition) is 0. The molecule has 2 heterocycles.